The minimum absolute atomic E-state index is 0.729. The van der Waals surface area contributed by atoms with Crippen molar-refractivity contribution in [2.24, 2.45) is 0 Å². The highest BCUT2D eigenvalue weighted by Gasteiger charge is 2.20. The highest BCUT2D eigenvalue weighted by Crippen LogP contribution is 2.12. The third-order valence-electron chi connectivity index (χ3n) is 2.69. The Morgan fingerprint density at radius 1 is 1.46 bits per heavy atom. The number of piperidine rings is 1. The number of hydrogen-bond acceptors (Lipinski definition) is 2. The highest BCUT2D eigenvalue weighted by atomic mass is 15.2. The molecule has 74 valence electrons. The Hall–Kier alpha value is -0.520. The second-order valence-corrected chi connectivity index (χ2v) is 3.92. The fraction of sp³-hybridized carbons (Fsp3) is 0.818. The third-order valence-corrected chi connectivity index (χ3v) is 2.69. The van der Waals surface area contributed by atoms with Gasteiger partial charge >= 0.3 is 0 Å². The van der Waals surface area contributed by atoms with Crippen LogP contribution in [0.3, 0.4) is 0 Å². The molecule has 1 aliphatic rings. The molecule has 2 heteroatoms. The minimum atomic E-state index is 0.729. The third kappa shape index (κ3) is 3.38. The van der Waals surface area contributed by atoms with Crippen LogP contribution in [0.2, 0.25) is 0 Å². The fourth-order valence-corrected chi connectivity index (χ4v) is 1.79. The topological polar surface area (TPSA) is 6.48 Å². The Kier molecular flexibility index (Phi) is 4.27. The van der Waals surface area contributed by atoms with Crippen molar-refractivity contribution in [3.8, 4) is 11.8 Å². The molecule has 0 bridgehead atoms. The monoisotopic (exact) mass is 180 g/mol. The first-order chi connectivity index (χ1) is 6.24. The van der Waals surface area contributed by atoms with Gasteiger partial charge in [-0.05, 0) is 40.4 Å². The van der Waals surface area contributed by atoms with Gasteiger partial charge in [-0.3, -0.25) is 4.90 Å². The van der Waals surface area contributed by atoms with Gasteiger partial charge in [0.1, 0.15) is 0 Å². The maximum atomic E-state index is 3.13. The Balaban J connectivity index is 2.35. The second-order valence-electron chi connectivity index (χ2n) is 3.92. The summed E-state index contributed by atoms with van der Waals surface area (Å²) in [6.07, 6.45) is 2.65. The van der Waals surface area contributed by atoms with Gasteiger partial charge in [0.15, 0.2) is 0 Å². The summed E-state index contributed by atoms with van der Waals surface area (Å²) in [5, 5.41) is 0. The molecule has 1 fully saturated rings. The average Bonchev–Trinajstić information content (AvgIpc) is 2.15. The molecule has 1 rings (SSSR count). The van der Waals surface area contributed by atoms with Gasteiger partial charge in [-0.2, -0.15) is 0 Å². The molecule has 0 aliphatic carbocycles. The van der Waals surface area contributed by atoms with E-state index in [9.17, 15) is 0 Å². The van der Waals surface area contributed by atoms with Gasteiger partial charge in [-0.25, -0.2) is 0 Å². The summed E-state index contributed by atoms with van der Waals surface area (Å²) in [4.78, 5) is 4.77. The van der Waals surface area contributed by atoms with E-state index in [4.69, 9.17) is 0 Å². The van der Waals surface area contributed by atoms with Crippen LogP contribution in [-0.4, -0.2) is 49.6 Å². The first kappa shape index (κ1) is 10.6. The SMILES string of the molecule is CC#CCN1CCCC(N(C)C)C1. The molecule has 0 spiro atoms. The molecule has 0 saturated carbocycles. The van der Waals surface area contributed by atoms with E-state index in [1.165, 1.54) is 25.9 Å². The van der Waals surface area contributed by atoms with Crippen LogP contribution in [0, 0.1) is 11.8 Å². The van der Waals surface area contributed by atoms with Crippen LogP contribution in [0.5, 0.6) is 0 Å². The standard InChI is InChI=1S/C11H20N2/c1-4-5-8-13-9-6-7-11(10-13)12(2)3/h11H,6-10H2,1-3H3. The van der Waals surface area contributed by atoms with Gasteiger partial charge in [0.05, 0.1) is 6.54 Å². The lowest BCUT2D eigenvalue weighted by Crippen LogP contribution is -2.45. The van der Waals surface area contributed by atoms with Gasteiger partial charge in [0.25, 0.3) is 0 Å². The molecule has 1 heterocycles. The largest absolute Gasteiger partial charge is 0.305 e. The molecule has 0 aromatic heterocycles. The van der Waals surface area contributed by atoms with Gasteiger partial charge in [-0.15, -0.1) is 5.92 Å². The maximum absolute atomic E-state index is 3.13. The molecule has 0 radical (unpaired) electrons. The summed E-state index contributed by atoms with van der Waals surface area (Å²) < 4.78 is 0. The van der Waals surface area contributed by atoms with Crippen molar-refractivity contribution in [3.05, 3.63) is 0 Å². The van der Waals surface area contributed by atoms with Gasteiger partial charge in [0, 0.05) is 12.6 Å². The van der Waals surface area contributed by atoms with Crippen LogP contribution in [0.1, 0.15) is 19.8 Å². The molecule has 0 aromatic rings. The summed E-state index contributed by atoms with van der Waals surface area (Å²) in [6.45, 7) is 5.26. The van der Waals surface area contributed by atoms with Crippen molar-refractivity contribution in [2.45, 2.75) is 25.8 Å². The summed E-state index contributed by atoms with van der Waals surface area (Å²) in [7, 11) is 4.33. The van der Waals surface area contributed by atoms with Crippen LogP contribution >= 0.6 is 0 Å². The predicted molar refractivity (Wildman–Crippen MR) is 56.6 cm³/mol. The summed E-state index contributed by atoms with van der Waals surface area (Å²) >= 11 is 0. The normalized spacial score (nSPS) is 24.2. The highest BCUT2D eigenvalue weighted by molar-refractivity contribution is 4.98. The predicted octanol–water partition coefficient (Wildman–Crippen LogP) is 1.04. The quantitative estimate of drug-likeness (QED) is 0.586. The van der Waals surface area contributed by atoms with E-state index in [-0.39, 0.29) is 0 Å². The van der Waals surface area contributed by atoms with Crippen LogP contribution in [-0.2, 0) is 0 Å². The van der Waals surface area contributed by atoms with Crippen LogP contribution < -0.4 is 0 Å². The minimum Gasteiger partial charge on any atom is -0.305 e. The molecule has 0 aromatic carbocycles. The molecule has 2 nitrogen and oxygen atoms in total. The van der Waals surface area contributed by atoms with Gasteiger partial charge in [0.2, 0.25) is 0 Å². The van der Waals surface area contributed by atoms with E-state index in [2.05, 4.69) is 35.7 Å². The smallest absolute Gasteiger partial charge is 0.0602 e. The lowest BCUT2D eigenvalue weighted by atomic mass is 10.1. The van der Waals surface area contributed by atoms with E-state index in [0.29, 0.717) is 0 Å². The Bertz CT molecular complexity index is 200. The number of nitrogens with zero attached hydrogens (tertiary/aromatic N) is 2. The number of rotatable bonds is 2. The number of likely N-dealkylation sites (N-methyl/N-ethyl adjacent to an activating group) is 1. The molecular formula is C11H20N2. The van der Waals surface area contributed by atoms with Crippen LogP contribution in [0.25, 0.3) is 0 Å². The second kappa shape index (κ2) is 5.26. The summed E-state index contributed by atoms with van der Waals surface area (Å²) in [6, 6.07) is 0.729. The molecule has 0 amide bonds. The molecular weight excluding hydrogens is 160 g/mol. The van der Waals surface area contributed by atoms with Gasteiger partial charge in [-0.1, -0.05) is 5.92 Å². The first-order valence-corrected chi connectivity index (χ1v) is 5.02. The van der Waals surface area contributed by atoms with E-state index in [1.54, 1.807) is 0 Å². The summed E-state index contributed by atoms with van der Waals surface area (Å²) in [5.74, 6) is 6.09. The van der Waals surface area contributed by atoms with Gasteiger partial charge < -0.3 is 4.90 Å². The van der Waals surface area contributed by atoms with E-state index in [0.717, 1.165) is 12.6 Å². The maximum Gasteiger partial charge on any atom is 0.0602 e. The summed E-state index contributed by atoms with van der Waals surface area (Å²) in [5.41, 5.74) is 0. The molecule has 1 aliphatic heterocycles. The average molecular weight is 180 g/mol. The molecule has 1 unspecified atom stereocenters. The Morgan fingerprint density at radius 2 is 2.23 bits per heavy atom. The van der Waals surface area contributed by atoms with Crippen molar-refractivity contribution < 1.29 is 0 Å². The van der Waals surface area contributed by atoms with Crippen molar-refractivity contribution in [1.82, 2.24) is 9.80 Å². The molecule has 1 atom stereocenters. The van der Waals surface area contributed by atoms with Crippen molar-refractivity contribution >= 4 is 0 Å². The molecule has 13 heavy (non-hydrogen) atoms. The Labute approximate surface area is 81.9 Å². The fourth-order valence-electron chi connectivity index (χ4n) is 1.79. The van der Waals surface area contributed by atoms with Crippen LogP contribution in [0.4, 0.5) is 0 Å². The van der Waals surface area contributed by atoms with E-state index >= 15 is 0 Å². The zero-order valence-corrected chi connectivity index (χ0v) is 9.01. The zero-order valence-electron chi connectivity index (χ0n) is 9.01. The van der Waals surface area contributed by atoms with Crippen molar-refractivity contribution in [1.29, 1.82) is 0 Å². The molecule has 0 N–H and O–H groups in total. The molecule has 1 saturated heterocycles. The Morgan fingerprint density at radius 3 is 2.85 bits per heavy atom. The van der Waals surface area contributed by atoms with Crippen LogP contribution in [0.15, 0.2) is 0 Å². The lowest BCUT2D eigenvalue weighted by molar-refractivity contribution is 0.145. The number of hydrogen-bond donors (Lipinski definition) is 0. The van der Waals surface area contributed by atoms with Crippen molar-refractivity contribution in [3.63, 3.8) is 0 Å². The van der Waals surface area contributed by atoms with E-state index < -0.39 is 0 Å². The lowest BCUT2D eigenvalue weighted by Gasteiger charge is -2.35. The van der Waals surface area contributed by atoms with Crippen molar-refractivity contribution in [2.75, 3.05) is 33.7 Å². The first-order valence-electron chi connectivity index (χ1n) is 5.02. The number of likely N-dealkylation sites (tertiary alicyclic amines) is 1. The van der Waals surface area contributed by atoms with E-state index in [1.807, 2.05) is 6.92 Å². The zero-order chi connectivity index (χ0) is 9.68.